The summed E-state index contributed by atoms with van der Waals surface area (Å²) in [4.78, 5) is 0. The van der Waals surface area contributed by atoms with E-state index in [1.165, 1.54) is 83.5 Å². The van der Waals surface area contributed by atoms with Crippen LogP contribution in [-0.4, -0.2) is 37.7 Å². The summed E-state index contributed by atoms with van der Waals surface area (Å²) in [5.41, 5.74) is 18.1. The Morgan fingerprint density at radius 2 is 0.484 bits per heavy atom. The van der Waals surface area contributed by atoms with E-state index in [4.69, 9.17) is 11.1 Å². The highest BCUT2D eigenvalue weighted by Gasteiger charge is 2.46. The molecule has 0 spiro atoms. The quantitative estimate of drug-likeness (QED) is 0.0906. The van der Waals surface area contributed by atoms with Crippen LogP contribution in [0.4, 0.5) is 0 Å². The van der Waals surface area contributed by atoms with Crippen LogP contribution in [0.2, 0.25) is 0 Å². The lowest BCUT2D eigenvalue weighted by atomic mass is 9.92. The van der Waals surface area contributed by atoms with Crippen molar-refractivity contribution in [1.82, 2.24) is 0 Å². The Labute approximate surface area is 384 Å². The molecule has 0 N–H and O–H groups in total. The van der Waals surface area contributed by atoms with Crippen LogP contribution in [0.15, 0.2) is 237 Å². The summed E-state index contributed by atoms with van der Waals surface area (Å²) in [5.74, 6) is 0. The van der Waals surface area contributed by atoms with Gasteiger partial charge in [0.2, 0.25) is 0 Å². The van der Waals surface area contributed by atoms with E-state index in [-0.39, 0.29) is 0 Å². The van der Waals surface area contributed by atoms with Crippen LogP contribution in [0.3, 0.4) is 0 Å². The van der Waals surface area contributed by atoms with Gasteiger partial charge in [0.15, 0.2) is 8.32 Å². The van der Waals surface area contributed by atoms with Gasteiger partial charge in [-0.15, -0.1) is 0 Å². The van der Waals surface area contributed by atoms with E-state index in [9.17, 15) is 0 Å². The molecule has 0 unspecified atom stereocenters. The maximum atomic E-state index is 7.93. The van der Waals surface area contributed by atoms with Crippen molar-refractivity contribution in [2.75, 3.05) is 14.2 Å². The predicted octanol–water partition coefficient (Wildman–Crippen LogP) is 14.6. The minimum absolute atomic E-state index is 0.688. The molecule has 0 atom stereocenters. The molecule has 312 valence electrons. The molecule has 0 aliphatic rings. The van der Waals surface area contributed by atoms with Crippen LogP contribution in [0.5, 0.6) is 0 Å². The Hall–Kier alpha value is -6.39. The smallest absolute Gasteiger partial charge is 0.498 e. The monoisotopic (exact) mass is 862 g/mol. The van der Waals surface area contributed by atoms with Gasteiger partial charge in [0.25, 0.3) is 0 Å². The third-order valence-electron chi connectivity index (χ3n) is 12.3. The third kappa shape index (κ3) is 9.57. The highest BCUT2D eigenvalue weighted by Crippen LogP contribution is 2.43. The van der Waals surface area contributed by atoms with Gasteiger partial charge in [0.1, 0.15) is 0 Å². The zero-order valence-corrected chi connectivity index (χ0v) is 38.6. The predicted molar refractivity (Wildman–Crippen MR) is 270 cm³/mol. The van der Waals surface area contributed by atoms with Crippen molar-refractivity contribution in [2.24, 2.45) is 0 Å². The summed E-state index contributed by atoms with van der Waals surface area (Å²) in [6.45, 7) is 0. The van der Waals surface area contributed by atoms with Gasteiger partial charge >= 0.3 is 15.1 Å². The van der Waals surface area contributed by atoms with Crippen LogP contribution >= 0.6 is 0 Å². The topological polar surface area (TPSA) is 27.7 Å². The van der Waals surface area contributed by atoms with Crippen molar-refractivity contribution in [3.63, 3.8) is 0 Å². The summed E-state index contributed by atoms with van der Waals surface area (Å²) in [7, 11) is 0.190. The Morgan fingerprint density at radius 3 is 0.672 bits per heavy atom. The standard InChI is InChI=1S/C57H45OSi.2CH3O.Al/c58-59(40-55-49(43-22-7-1-8-23-43)34-19-35-50(55)44-24-9-2-10-25-44,41-56-51(45-26-11-3-12-27-45)36-20-37-52(56)46-28-13-4-14-29-46)42-57-53(47-30-15-5-16-31-47)38-21-39-54(57)48-32-17-6-18-33-48;2*1-2;/h1-39H,40-42H2;2*1H3;/q3*-1;+3. The van der Waals surface area contributed by atoms with Gasteiger partial charge < -0.3 is 11.1 Å². The van der Waals surface area contributed by atoms with E-state index in [2.05, 4.69) is 237 Å². The molecule has 5 heteroatoms. The van der Waals surface area contributed by atoms with E-state index < -0.39 is 23.5 Å². The summed E-state index contributed by atoms with van der Waals surface area (Å²) < 4.78 is 20.5. The first-order valence-electron chi connectivity index (χ1n) is 22.0. The van der Waals surface area contributed by atoms with Crippen LogP contribution in [0.1, 0.15) is 16.7 Å². The number of hydrogen-bond donors (Lipinski definition) is 0. The van der Waals surface area contributed by atoms with Crippen LogP contribution in [0, 0.1) is 0 Å². The molecular formula is C59H51AlO3Si. The molecule has 64 heavy (non-hydrogen) atoms. The highest BCUT2D eigenvalue weighted by molar-refractivity contribution is 6.77. The van der Waals surface area contributed by atoms with E-state index in [1.54, 1.807) is 14.2 Å². The fourth-order valence-electron chi connectivity index (χ4n) is 9.34. The number of benzene rings is 9. The molecule has 0 saturated heterocycles. The first-order chi connectivity index (χ1) is 31.6. The molecule has 9 aromatic rings. The molecule has 0 amide bonds. The molecule has 0 heterocycles. The maximum Gasteiger partial charge on any atom is 0.893 e. The Balaban J connectivity index is 1.38. The maximum absolute atomic E-state index is 7.93. The molecule has 0 bridgehead atoms. The van der Waals surface area contributed by atoms with Gasteiger partial charge in [-0.1, -0.05) is 237 Å². The van der Waals surface area contributed by atoms with Crippen LogP contribution in [0.25, 0.3) is 66.8 Å². The van der Waals surface area contributed by atoms with E-state index in [0.717, 1.165) is 0 Å². The van der Waals surface area contributed by atoms with Gasteiger partial charge in [0.05, 0.1) is 0 Å². The van der Waals surface area contributed by atoms with Crippen molar-refractivity contribution >= 4 is 23.5 Å². The largest absolute Gasteiger partial charge is 0.893 e. The van der Waals surface area contributed by atoms with Gasteiger partial charge in [-0.2, -0.15) is 0 Å². The molecule has 0 aliphatic heterocycles. The van der Waals surface area contributed by atoms with E-state index in [1.807, 2.05) is 0 Å². The normalized spacial score (nSPS) is 11.3. The molecule has 9 aromatic carbocycles. The summed E-state index contributed by atoms with van der Waals surface area (Å²) in [5, 5.41) is 0. The van der Waals surface area contributed by atoms with Crippen LogP contribution in [-0.2, 0) is 29.2 Å². The fraction of sp³-hybridized carbons (Fsp3) is 0.0847. The Morgan fingerprint density at radius 1 is 0.281 bits per heavy atom. The van der Waals surface area contributed by atoms with Gasteiger partial charge in [-0.25, -0.2) is 0 Å². The summed E-state index contributed by atoms with van der Waals surface area (Å²) in [6, 6.07) is 87.4. The molecule has 0 radical (unpaired) electrons. The molecular weight excluding hydrogens is 812 g/mol. The zero-order valence-electron chi connectivity index (χ0n) is 36.4. The molecule has 0 aromatic heterocycles. The van der Waals surface area contributed by atoms with Crippen molar-refractivity contribution in [1.29, 1.82) is 0 Å². The Kier molecular flexibility index (Phi) is 13.7. The Bertz CT molecular complexity index is 2410. The van der Waals surface area contributed by atoms with Crippen molar-refractivity contribution in [2.45, 2.75) is 18.1 Å². The fourth-order valence-corrected chi connectivity index (χ4v) is 16.4. The molecule has 0 saturated carbocycles. The van der Waals surface area contributed by atoms with Crippen molar-refractivity contribution < 1.29 is 11.1 Å². The lowest BCUT2D eigenvalue weighted by molar-refractivity contribution is 0.196. The lowest BCUT2D eigenvalue weighted by Crippen LogP contribution is -2.52. The lowest BCUT2D eigenvalue weighted by Gasteiger charge is -2.38. The number of rotatable bonds is 16. The highest BCUT2D eigenvalue weighted by atomic mass is 28.4. The first-order valence-corrected chi connectivity index (χ1v) is 26.0. The second-order valence-corrected chi connectivity index (χ2v) is 22.2. The second-order valence-electron chi connectivity index (χ2n) is 16.3. The van der Waals surface area contributed by atoms with Crippen LogP contribution < -0.4 is 0 Å². The average Bonchev–Trinajstić information content (AvgIpc) is 3.37. The number of hydrogen-bond acceptors (Lipinski definition) is 3. The molecule has 3 nitrogen and oxygen atoms in total. The zero-order chi connectivity index (χ0) is 43.6. The van der Waals surface area contributed by atoms with E-state index >= 15 is 0 Å². The minimum atomic E-state index is -3.30. The second kappa shape index (κ2) is 20.4. The first kappa shape index (κ1) is 42.9. The molecule has 0 fully saturated rings. The molecule has 0 aliphatic carbocycles. The summed E-state index contributed by atoms with van der Waals surface area (Å²) in [6.07, 6.45) is 0. The molecule has 9 rings (SSSR count). The van der Waals surface area contributed by atoms with Gasteiger partial charge in [-0.05, 0) is 102 Å². The van der Waals surface area contributed by atoms with E-state index in [0.29, 0.717) is 18.1 Å². The van der Waals surface area contributed by atoms with Crippen molar-refractivity contribution in [3.8, 4) is 66.8 Å². The summed E-state index contributed by atoms with van der Waals surface area (Å²) >= 11 is -2.72. The average molecular weight is 863 g/mol. The van der Waals surface area contributed by atoms with Gasteiger partial charge in [-0.3, -0.25) is 0 Å². The SMILES string of the molecule is C[O][Al]([O]C)[O][Si](Cc1c(-c2ccccc2)cccc1-c1ccccc1)(Cc1c(-c2ccccc2)cccc1-c1ccccc1)Cc1c(-c2ccccc2)cccc1-c1ccccc1. The minimum Gasteiger partial charge on any atom is -0.498 e. The third-order valence-corrected chi connectivity index (χ3v) is 18.8. The van der Waals surface area contributed by atoms with Crippen molar-refractivity contribution in [3.05, 3.63) is 253 Å². The van der Waals surface area contributed by atoms with Gasteiger partial charge in [0, 0.05) is 14.2 Å².